The highest BCUT2D eigenvalue weighted by Gasteiger charge is 2.21. The van der Waals surface area contributed by atoms with Gasteiger partial charge in [-0.05, 0) is 42.9 Å². The van der Waals surface area contributed by atoms with Crippen LogP contribution in [0.15, 0.2) is 24.3 Å². The van der Waals surface area contributed by atoms with E-state index in [0.717, 1.165) is 24.5 Å². The monoisotopic (exact) mass is 336 g/mol. The van der Waals surface area contributed by atoms with E-state index in [1.165, 1.54) is 19.3 Å². The number of benzene rings is 1. The van der Waals surface area contributed by atoms with Crippen LogP contribution < -0.4 is 15.4 Å². The van der Waals surface area contributed by atoms with Crippen LogP contribution in [0.3, 0.4) is 0 Å². The lowest BCUT2D eigenvalue weighted by molar-refractivity contribution is -0.126. The maximum Gasteiger partial charge on any atom is 0.231 e. The van der Waals surface area contributed by atoms with Crippen LogP contribution in [0.2, 0.25) is 0 Å². The molecule has 0 aromatic heterocycles. The molecule has 0 radical (unpaired) electrons. The first-order valence-electron chi connectivity index (χ1n) is 8.18. The second kappa shape index (κ2) is 9.50. The van der Waals surface area contributed by atoms with Crippen LogP contribution in [0.1, 0.15) is 53.4 Å². The average molecular weight is 337 g/mol. The van der Waals surface area contributed by atoms with Gasteiger partial charge in [0.2, 0.25) is 5.91 Å². The Kier molecular flexibility index (Phi) is 8.03. The minimum atomic E-state index is -0.471. The Morgan fingerprint density at radius 2 is 1.78 bits per heavy atom. The molecule has 1 aromatic rings. The van der Waals surface area contributed by atoms with Crippen LogP contribution in [-0.2, 0) is 4.79 Å². The highest BCUT2D eigenvalue weighted by Crippen LogP contribution is 2.17. The summed E-state index contributed by atoms with van der Waals surface area (Å²) in [5, 5.41) is 5.99. The van der Waals surface area contributed by atoms with Crippen LogP contribution in [-0.4, -0.2) is 17.6 Å². The van der Waals surface area contributed by atoms with Crippen molar-refractivity contribution in [2.24, 2.45) is 5.41 Å². The van der Waals surface area contributed by atoms with E-state index in [0.29, 0.717) is 5.11 Å². The summed E-state index contributed by atoms with van der Waals surface area (Å²) >= 11 is 5.15. The van der Waals surface area contributed by atoms with Gasteiger partial charge >= 0.3 is 0 Å². The lowest BCUT2D eigenvalue weighted by atomic mass is 9.96. The molecule has 0 atom stereocenters. The number of carbonyl (C=O) groups is 1. The molecule has 0 aliphatic rings. The van der Waals surface area contributed by atoms with Crippen molar-refractivity contribution >= 4 is 28.9 Å². The quantitative estimate of drug-likeness (QED) is 0.568. The first kappa shape index (κ1) is 19.4. The molecule has 0 aliphatic carbocycles. The van der Waals surface area contributed by atoms with E-state index in [2.05, 4.69) is 17.6 Å². The first-order valence-corrected chi connectivity index (χ1v) is 8.59. The lowest BCUT2D eigenvalue weighted by Gasteiger charge is -2.18. The number of nitrogens with one attached hydrogen (secondary N) is 2. The predicted molar refractivity (Wildman–Crippen MR) is 99.9 cm³/mol. The maximum atomic E-state index is 11.9. The fourth-order valence-electron chi connectivity index (χ4n) is 1.81. The molecule has 0 aliphatic heterocycles. The minimum Gasteiger partial charge on any atom is -0.494 e. The average Bonchev–Trinajstić information content (AvgIpc) is 2.47. The third-order valence-corrected chi connectivity index (χ3v) is 3.49. The zero-order valence-electron chi connectivity index (χ0n) is 14.6. The molecule has 0 bridgehead atoms. The summed E-state index contributed by atoms with van der Waals surface area (Å²) in [5.41, 5.74) is 0.351. The van der Waals surface area contributed by atoms with Gasteiger partial charge in [-0.1, -0.05) is 47.0 Å². The van der Waals surface area contributed by atoms with Crippen molar-refractivity contribution in [2.45, 2.75) is 53.4 Å². The van der Waals surface area contributed by atoms with Gasteiger partial charge in [-0.3, -0.25) is 4.79 Å². The number of hydrogen-bond acceptors (Lipinski definition) is 3. The molecule has 5 heteroatoms. The second-order valence-electron chi connectivity index (χ2n) is 6.59. The summed E-state index contributed by atoms with van der Waals surface area (Å²) in [7, 11) is 0. The van der Waals surface area contributed by atoms with Crippen LogP contribution in [0.25, 0.3) is 0 Å². The van der Waals surface area contributed by atoms with Gasteiger partial charge in [0.25, 0.3) is 0 Å². The van der Waals surface area contributed by atoms with Crippen molar-refractivity contribution in [3.8, 4) is 5.75 Å². The zero-order valence-corrected chi connectivity index (χ0v) is 15.4. The molecular weight excluding hydrogens is 308 g/mol. The maximum absolute atomic E-state index is 11.9. The molecule has 0 heterocycles. The molecule has 1 rings (SSSR count). The first-order chi connectivity index (χ1) is 10.8. The van der Waals surface area contributed by atoms with Crippen molar-refractivity contribution in [2.75, 3.05) is 11.9 Å². The van der Waals surface area contributed by atoms with Crippen molar-refractivity contribution in [3.63, 3.8) is 0 Å². The third kappa shape index (κ3) is 7.98. The van der Waals surface area contributed by atoms with Crippen LogP contribution in [0.4, 0.5) is 5.69 Å². The van der Waals surface area contributed by atoms with E-state index in [-0.39, 0.29) is 5.91 Å². The van der Waals surface area contributed by atoms with E-state index in [9.17, 15) is 4.79 Å². The van der Waals surface area contributed by atoms with Gasteiger partial charge in [0.05, 0.1) is 6.61 Å². The molecule has 23 heavy (non-hydrogen) atoms. The van der Waals surface area contributed by atoms with Crippen LogP contribution in [0, 0.1) is 5.41 Å². The standard InChI is InChI=1S/C18H28N2O2S/c1-5-6-7-8-13-22-15-11-9-14(10-12-15)19-17(23)20-16(21)18(2,3)4/h9-12H,5-8,13H2,1-4H3,(H2,19,20,21,23). The molecule has 1 aromatic carbocycles. The molecule has 1 amide bonds. The number of rotatable bonds is 7. The van der Waals surface area contributed by atoms with Crippen molar-refractivity contribution < 1.29 is 9.53 Å². The Bertz CT molecular complexity index is 507. The van der Waals surface area contributed by atoms with Crippen molar-refractivity contribution in [1.29, 1.82) is 0 Å². The van der Waals surface area contributed by atoms with Gasteiger partial charge < -0.3 is 15.4 Å². The number of thiocarbonyl (C=S) groups is 1. The van der Waals surface area contributed by atoms with Gasteiger partial charge in [-0.2, -0.15) is 0 Å². The van der Waals surface area contributed by atoms with E-state index >= 15 is 0 Å². The van der Waals surface area contributed by atoms with E-state index in [4.69, 9.17) is 17.0 Å². The summed E-state index contributed by atoms with van der Waals surface area (Å²) in [6, 6.07) is 7.57. The van der Waals surface area contributed by atoms with Crippen molar-refractivity contribution in [3.05, 3.63) is 24.3 Å². The number of unbranched alkanes of at least 4 members (excludes halogenated alkanes) is 3. The summed E-state index contributed by atoms with van der Waals surface area (Å²) in [5.74, 6) is 0.735. The highest BCUT2D eigenvalue weighted by atomic mass is 32.1. The molecular formula is C18H28N2O2S. The summed E-state index contributed by atoms with van der Waals surface area (Å²) in [6.07, 6.45) is 4.77. The largest absolute Gasteiger partial charge is 0.494 e. The molecule has 0 unspecified atom stereocenters. The fraction of sp³-hybridized carbons (Fsp3) is 0.556. The normalized spacial score (nSPS) is 11.0. The molecule has 0 spiro atoms. The third-order valence-electron chi connectivity index (χ3n) is 3.29. The van der Waals surface area contributed by atoms with E-state index in [1.807, 2.05) is 45.0 Å². The number of ether oxygens (including phenoxy) is 1. The fourth-order valence-corrected chi connectivity index (χ4v) is 2.02. The Labute approximate surface area is 145 Å². The lowest BCUT2D eigenvalue weighted by Crippen LogP contribution is -2.41. The minimum absolute atomic E-state index is 0.109. The summed E-state index contributed by atoms with van der Waals surface area (Å²) < 4.78 is 5.69. The number of amides is 1. The van der Waals surface area contributed by atoms with Crippen molar-refractivity contribution in [1.82, 2.24) is 5.32 Å². The smallest absolute Gasteiger partial charge is 0.231 e. The Balaban J connectivity index is 2.39. The summed E-state index contributed by atoms with van der Waals surface area (Å²) in [4.78, 5) is 11.9. The topological polar surface area (TPSA) is 50.4 Å². The van der Waals surface area contributed by atoms with Gasteiger partial charge in [-0.15, -0.1) is 0 Å². The number of hydrogen-bond donors (Lipinski definition) is 2. The molecule has 0 saturated heterocycles. The molecule has 128 valence electrons. The zero-order chi connectivity index (χ0) is 17.3. The Morgan fingerprint density at radius 1 is 1.13 bits per heavy atom. The molecule has 4 nitrogen and oxygen atoms in total. The van der Waals surface area contributed by atoms with Gasteiger partial charge in [0.1, 0.15) is 5.75 Å². The summed E-state index contributed by atoms with van der Waals surface area (Å²) in [6.45, 7) is 8.47. The predicted octanol–water partition coefficient (Wildman–Crippen LogP) is 4.50. The van der Waals surface area contributed by atoms with Crippen LogP contribution in [0.5, 0.6) is 5.75 Å². The Morgan fingerprint density at radius 3 is 2.35 bits per heavy atom. The Hall–Kier alpha value is -1.62. The second-order valence-corrected chi connectivity index (χ2v) is 7.00. The SMILES string of the molecule is CCCCCCOc1ccc(NC(=S)NC(=O)C(C)(C)C)cc1. The number of anilines is 1. The van der Waals surface area contributed by atoms with E-state index in [1.54, 1.807) is 0 Å². The van der Waals surface area contributed by atoms with Gasteiger partial charge in [-0.25, -0.2) is 0 Å². The molecule has 2 N–H and O–H groups in total. The van der Waals surface area contributed by atoms with Crippen LogP contribution >= 0.6 is 12.2 Å². The van der Waals surface area contributed by atoms with Gasteiger partial charge in [0.15, 0.2) is 5.11 Å². The molecule has 0 fully saturated rings. The van der Waals surface area contributed by atoms with E-state index < -0.39 is 5.41 Å². The molecule has 0 saturated carbocycles. The van der Waals surface area contributed by atoms with Gasteiger partial charge in [0, 0.05) is 11.1 Å². The number of carbonyl (C=O) groups excluding carboxylic acids is 1. The highest BCUT2D eigenvalue weighted by molar-refractivity contribution is 7.80.